The summed E-state index contributed by atoms with van der Waals surface area (Å²) < 4.78 is 0. The van der Waals surface area contributed by atoms with Crippen LogP contribution in [-0.2, 0) is 9.59 Å². The van der Waals surface area contributed by atoms with Gasteiger partial charge in [-0.3, -0.25) is 9.59 Å². The number of carbonyl (C=O) groups is 2. The summed E-state index contributed by atoms with van der Waals surface area (Å²) in [5, 5.41) is 13.5. The van der Waals surface area contributed by atoms with Crippen LogP contribution in [0, 0.1) is 35.5 Å². The molecule has 3 unspecified atom stereocenters. The summed E-state index contributed by atoms with van der Waals surface area (Å²) in [5.74, 6) is 1.60. The summed E-state index contributed by atoms with van der Waals surface area (Å²) in [6.07, 6.45) is 4.28. The third kappa shape index (κ3) is 12.4. The third-order valence-corrected chi connectivity index (χ3v) is 6.03. The Morgan fingerprint density at radius 1 is 0.759 bits per heavy atom. The van der Waals surface area contributed by atoms with Crippen molar-refractivity contribution in [3.63, 3.8) is 0 Å². The zero-order valence-corrected chi connectivity index (χ0v) is 20.6. The van der Waals surface area contributed by atoms with Gasteiger partial charge >= 0.3 is 0 Å². The summed E-state index contributed by atoms with van der Waals surface area (Å²) in [5.41, 5.74) is 0. The standard InChI is InChI=1S/C25H49NO3/c1-16(2)10-11-20(8)24(28)15-21(9)23(27)13-12-19(7)22(14-17(3)4)25(29)26-18(5)6/h16-22,24,28H,10-15H2,1-9H3,(H,26,29)/t19?,20-,21?,22+,24?/m0/s1. The lowest BCUT2D eigenvalue weighted by Gasteiger charge is -2.26. The van der Waals surface area contributed by atoms with Crippen molar-refractivity contribution in [1.82, 2.24) is 5.32 Å². The van der Waals surface area contributed by atoms with Gasteiger partial charge in [-0.2, -0.15) is 0 Å². The topological polar surface area (TPSA) is 66.4 Å². The van der Waals surface area contributed by atoms with E-state index in [1.807, 2.05) is 20.8 Å². The zero-order chi connectivity index (χ0) is 22.7. The Kier molecular flexibility index (Phi) is 13.7. The van der Waals surface area contributed by atoms with Crippen LogP contribution >= 0.6 is 0 Å². The maximum atomic E-state index is 12.7. The fourth-order valence-corrected chi connectivity index (χ4v) is 3.83. The first-order valence-corrected chi connectivity index (χ1v) is 11.9. The predicted molar refractivity (Wildman–Crippen MR) is 123 cm³/mol. The monoisotopic (exact) mass is 411 g/mol. The van der Waals surface area contributed by atoms with Gasteiger partial charge in [0.15, 0.2) is 0 Å². The van der Waals surface area contributed by atoms with Gasteiger partial charge in [0.05, 0.1) is 6.10 Å². The first-order valence-electron chi connectivity index (χ1n) is 11.9. The first kappa shape index (κ1) is 28.1. The minimum atomic E-state index is -0.421. The number of rotatable bonds is 15. The molecule has 0 saturated heterocycles. The van der Waals surface area contributed by atoms with Crippen LogP contribution in [0.4, 0.5) is 0 Å². The number of Topliss-reactive ketones (excluding diaryl/α,β-unsaturated/α-hetero) is 1. The minimum Gasteiger partial charge on any atom is -0.393 e. The van der Waals surface area contributed by atoms with E-state index in [4.69, 9.17) is 0 Å². The van der Waals surface area contributed by atoms with Crippen LogP contribution in [0.15, 0.2) is 0 Å². The summed E-state index contributed by atoms with van der Waals surface area (Å²) in [6, 6.07) is 0.130. The lowest BCUT2D eigenvalue weighted by atomic mass is 9.81. The van der Waals surface area contributed by atoms with Gasteiger partial charge in [0.25, 0.3) is 0 Å². The summed E-state index contributed by atoms with van der Waals surface area (Å²) in [4.78, 5) is 25.3. The number of ketones is 1. The second-order valence-electron chi connectivity index (χ2n) is 10.5. The normalized spacial score (nSPS) is 17.3. The molecule has 0 aliphatic carbocycles. The van der Waals surface area contributed by atoms with Crippen molar-refractivity contribution in [2.24, 2.45) is 35.5 Å². The fourth-order valence-electron chi connectivity index (χ4n) is 3.83. The van der Waals surface area contributed by atoms with Crippen molar-refractivity contribution in [3.8, 4) is 0 Å². The van der Waals surface area contributed by atoms with Crippen molar-refractivity contribution in [1.29, 1.82) is 0 Å². The predicted octanol–water partition coefficient (Wildman–Crippen LogP) is 5.62. The first-order chi connectivity index (χ1) is 13.3. The highest BCUT2D eigenvalue weighted by Gasteiger charge is 2.28. The average Bonchev–Trinajstić information content (AvgIpc) is 2.60. The van der Waals surface area contributed by atoms with Crippen molar-refractivity contribution < 1.29 is 14.7 Å². The van der Waals surface area contributed by atoms with Crippen LogP contribution in [0.2, 0.25) is 0 Å². The largest absolute Gasteiger partial charge is 0.393 e. The van der Waals surface area contributed by atoms with Gasteiger partial charge in [-0.1, -0.05) is 54.9 Å². The number of hydrogen-bond donors (Lipinski definition) is 2. The smallest absolute Gasteiger partial charge is 0.223 e. The van der Waals surface area contributed by atoms with Gasteiger partial charge < -0.3 is 10.4 Å². The molecule has 4 nitrogen and oxygen atoms in total. The molecule has 4 heteroatoms. The van der Waals surface area contributed by atoms with E-state index in [1.54, 1.807) is 0 Å². The molecule has 0 rings (SSSR count). The van der Waals surface area contributed by atoms with E-state index in [1.165, 1.54) is 0 Å². The number of hydrogen-bond acceptors (Lipinski definition) is 3. The van der Waals surface area contributed by atoms with Crippen molar-refractivity contribution >= 4 is 11.7 Å². The third-order valence-electron chi connectivity index (χ3n) is 6.03. The zero-order valence-electron chi connectivity index (χ0n) is 20.6. The summed E-state index contributed by atoms with van der Waals surface area (Å²) >= 11 is 0. The Hall–Kier alpha value is -0.900. The van der Waals surface area contributed by atoms with Gasteiger partial charge in [-0.15, -0.1) is 0 Å². The van der Waals surface area contributed by atoms with Crippen molar-refractivity contribution in [3.05, 3.63) is 0 Å². The van der Waals surface area contributed by atoms with E-state index in [9.17, 15) is 14.7 Å². The number of carbonyl (C=O) groups excluding carboxylic acids is 2. The van der Waals surface area contributed by atoms with Gasteiger partial charge in [-0.05, 0) is 63.2 Å². The van der Waals surface area contributed by atoms with Crippen LogP contribution in [0.25, 0.3) is 0 Å². The minimum absolute atomic E-state index is 0.0536. The highest BCUT2D eigenvalue weighted by Crippen LogP contribution is 2.27. The molecule has 0 fully saturated rings. The maximum Gasteiger partial charge on any atom is 0.223 e. The van der Waals surface area contributed by atoms with E-state index >= 15 is 0 Å². The Morgan fingerprint density at radius 3 is 1.83 bits per heavy atom. The molecule has 0 aliphatic heterocycles. The van der Waals surface area contributed by atoms with E-state index in [0.29, 0.717) is 24.7 Å². The molecule has 0 radical (unpaired) electrons. The molecule has 172 valence electrons. The molecule has 0 aromatic heterocycles. The quantitative estimate of drug-likeness (QED) is 0.367. The van der Waals surface area contributed by atoms with Gasteiger partial charge in [0.2, 0.25) is 5.91 Å². The van der Waals surface area contributed by atoms with Crippen LogP contribution in [-0.4, -0.2) is 28.9 Å². The average molecular weight is 412 g/mol. The molecule has 0 aromatic carbocycles. The Labute approximate surface area is 180 Å². The van der Waals surface area contributed by atoms with Gasteiger partial charge in [-0.25, -0.2) is 0 Å². The highest BCUT2D eigenvalue weighted by molar-refractivity contribution is 5.81. The van der Waals surface area contributed by atoms with E-state index in [-0.39, 0.29) is 41.4 Å². The number of aliphatic hydroxyl groups excluding tert-OH is 1. The molecule has 0 saturated carbocycles. The van der Waals surface area contributed by atoms with Gasteiger partial charge in [0.1, 0.15) is 5.78 Å². The van der Waals surface area contributed by atoms with Crippen LogP contribution in [0.3, 0.4) is 0 Å². The van der Waals surface area contributed by atoms with E-state index in [2.05, 4.69) is 46.9 Å². The Morgan fingerprint density at radius 2 is 1.34 bits per heavy atom. The molecule has 1 amide bonds. The SMILES string of the molecule is CC(C)CC[C@H](C)C(O)CC(C)C(=O)CCC(C)[C@@H](CC(C)C)C(=O)NC(C)C. The molecular formula is C25H49NO3. The van der Waals surface area contributed by atoms with Gasteiger partial charge in [0, 0.05) is 24.3 Å². The Balaban J connectivity index is 4.63. The number of aliphatic hydroxyl groups is 1. The number of amides is 1. The van der Waals surface area contributed by atoms with E-state index < -0.39 is 6.10 Å². The lowest BCUT2D eigenvalue weighted by molar-refractivity contribution is -0.129. The fraction of sp³-hybridized carbons (Fsp3) is 0.920. The summed E-state index contributed by atoms with van der Waals surface area (Å²) in [7, 11) is 0. The highest BCUT2D eigenvalue weighted by atomic mass is 16.3. The van der Waals surface area contributed by atoms with Crippen LogP contribution in [0.1, 0.15) is 101 Å². The molecule has 0 spiro atoms. The second kappa shape index (κ2) is 14.2. The van der Waals surface area contributed by atoms with Crippen LogP contribution < -0.4 is 5.32 Å². The molecule has 0 aliphatic rings. The Bertz CT molecular complexity index is 473. The maximum absolute atomic E-state index is 12.7. The molecule has 0 bridgehead atoms. The second-order valence-corrected chi connectivity index (χ2v) is 10.5. The van der Waals surface area contributed by atoms with Crippen molar-refractivity contribution in [2.75, 3.05) is 0 Å². The molecule has 29 heavy (non-hydrogen) atoms. The summed E-state index contributed by atoms with van der Waals surface area (Å²) in [6.45, 7) is 18.7. The van der Waals surface area contributed by atoms with Crippen LogP contribution in [0.5, 0.6) is 0 Å². The molecule has 5 atom stereocenters. The number of nitrogens with one attached hydrogen (secondary N) is 1. The van der Waals surface area contributed by atoms with E-state index in [0.717, 1.165) is 25.7 Å². The molecular weight excluding hydrogens is 362 g/mol. The molecule has 2 N–H and O–H groups in total. The lowest BCUT2D eigenvalue weighted by Crippen LogP contribution is -2.39. The molecule has 0 aromatic rings. The van der Waals surface area contributed by atoms with Crippen molar-refractivity contribution in [2.45, 2.75) is 113 Å². The molecule has 0 heterocycles.